The van der Waals surface area contributed by atoms with Crippen molar-refractivity contribution in [1.29, 1.82) is 0 Å². The molecule has 0 bridgehead atoms. The lowest BCUT2D eigenvalue weighted by Crippen LogP contribution is -2.24. The normalized spacial score (nSPS) is 10.6. The molecule has 0 aliphatic heterocycles. The number of carbonyl (C=O) groups is 1. The fourth-order valence-corrected chi connectivity index (χ4v) is 1.39. The molecule has 0 aliphatic carbocycles. The quantitative estimate of drug-likeness (QED) is 0.623. The number of amides is 2. The maximum atomic E-state index is 10.4. The van der Waals surface area contributed by atoms with E-state index in [4.69, 9.17) is 10.2 Å². The molecule has 1 heterocycles. The summed E-state index contributed by atoms with van der Waals surface area (Å²) in [4.78, 5) is 10.4. The third-order valence-electron chi connectivity index (χ3n) is 2.08. The van der Waals surface area contributed by atoms with Crippen molar-refractivity contribution in [3.05, 3.63) is 48.2 Å². The van der Waals surface area contributed by atoms with Crippen molar-refractivity contribution in [3.63, 3.8) is 0 Å². The van der Waals surface area contributed by atoms with E-state index in [1.165, 1.54) is 6.21 Å². The molecule has 1 aromatic heterocycles. The van der Waals surface area contributed by atoms with Crippen LogP contribution in [-0.2, 0) is 0 Å². The first-order valence-corrected chi connectivity index (χ1v) is 4.98. The summed E-state index contributed by atoms with van der Waals surface area (Å²) in [6.45, 7) is 0. The van der Waals surface area contributed by atoms with Crippen LogP contribution < -0.4 is 11.2 Å². The molecule has 0 fully saturated rings. The van der Waals surface area contributed by atoms with E-state index in [0.717, 1.165) is 16.9 Å². The second kappa shape index (κ2) is 4.98. The molecule has 0 unspecified atom stereocenters. The van der Waals surface area contributed by atoms with Crippen LogP contribution in [-0.4, -0.2) is 12.2 Å². The highest BCUT2D eigenvalue weighted by molar-refractivity contribution is 5.83. The van der Waals surface area contributed by atoms with Gasteiger partial charge in [-0.1, -0.05) is 18.2 Å². The van der Waals surface area contributed by atoms with Crippen LogP contribution >= 0.6 is 0 Å². The fourth-order valence-electron chi connectivity index (χ4n) is 1.39. The molecule has 2 rings (SSSR count). The van der Waals surface area contributed by atoms with Gasteiger partial charge in [-0.25, -0.2) is 10.2 Å². The first-order chi connectivity index (χ1) is 8.25. The molecule has 0 saturated carbocycles. The predicted octanol–water partition coefficient (Wildman–Crippen LogP) is 1.95. The van der Waals surface area contributed by atoms with Crippen molar-refractivity contribution >= 4 is 12.2 Å². The first kappa shape index (κ1) is 10.9. The van der Waals surface area contributed by atoms with Crippen molar-refractivity contribution in [2.24, 2.45) is 10.8 Å². The van der Waals surface area contributed by atoms with Crippen LogP contribution in [0.25, 0.3) is 11.3 Å². The minimum Gasteiger partial charge on any atom is -0.464 e. The van der Waals surface area contributed by atoms with E-state index < -0.39 is 6.03 Å². The number of carbonyl (C=O) groups excluding carboxylic acids is 1. The van der Waals surface area contributed by atoms with Gasteiger partial charge < -0.3 is 10.2 Å². The van der Waals surface area contributed by atoms with Gasteiger partial charge in [0.25, 0.3) is 0 Å². The highest BCUT2D eigenvalue weighted by Gasteiger charge is 2.00. The van der Waals surface area contributed by atoms with Crippen LogP contribution in [0.2, 0.25) is 0 Å². The van der Waals surface area contributed by atoms with Gasteiger partial charge in [0.1, 0.15) is 5.76 Å². The molecule has 2 aromatic rings. The standard InChI is InChI=1S/C12H11N3O2/c13-12(16)15-14-8-9-3-1-4-10(7-9)11-5-2-6-17-11/h1-8H,(H3,13,15,16). The molecule has 0 saturated heterocycles. The Kier molecular flexibility index (Phi) is 3.20. The maximum Gasteiger partial charge on any atom is 0.332 e. The Morgan fingerprint density at radius 1 is 1.35 bits per heavy atom. The summed E-state index contributed by atoms with van der Waals surface area (Å²) < 4.78 is 5.28. The van der Waals surface area contributed by atoms with Crippen molar-refractivity contribution in [3.8, 4) is 11.3 Å². The molecule has 3 N–H and O–H groups in total. The number of nitrogens with zero attached hydrogens (tertiary/aromatic N) is 1. The predicted molar refractivity (Wildman–Crippen MR) is 64.5 cm³/mol. The Balaban J connectivity index is 2.17. The Bertz CT molecular complexity index is 532. The number of nitrogens with one attached hydrogen (secondary N) is 1. The Hall–Kier alpha value is -2.56. The summed E-state index contributed by atoms with van der Waals surface area (Å²) in [5, 5.41) is 3.68. The van der Waals surface area contributed by atoms with Gasteiger partial charge in [-0.2, -0.15) is 5.10 Å². The second-order valence-electron chi connectivity index (χ2n) is 3.34. The SMILES string of the molecule is NC(=O)NN=Cc1cccc(-c2ccco2)c1. The average molecular weight is 229 g/mol. The number of rotatable bonds is 3. The van der Waals surface area contributed by atoms with Crippen molar-refractivity contribution in [1.82, 2.24) is 5.43 Å². The number of benzene rings is 1. The molecule has 0 atom stereocenters. The highest BCUT2D eigenvalue weighted by atomic mass is 16.3. The van der Waals surface area contributed by atoms with Crippen LogP contribution in [0, 0.1) is 0 Å². The van der Waals surface area contributed by atoms with Gasteiger partial charge in [-0.05, 0) is 23.8 Å². The molecule has 0 radical (unpaired) electrons. The summed E-state index contributed by atoms with van der Waals surface area (Å²) in [6.07, 6.45) is 3.13. The molecule has 1 aromatic carbocycles. The van der Waals surface area contributed by atoms with Gasteiger partial charge in [0.2, 0.25) is 0 Å². The number of hydrazone groups is 1. The third-order valence-corrected chi connectivity index (χ3v) is 2.08. The Labute approximate surface area is 97.9 Å². The number of urea groups is 1. The van der Waals surface area contributed by atoms with E-state index in [9.17, 15) is 4.79 Å². The molecule has 5 nitrogen and oxygen atoms in total. The summed E-state index contributed by atoms with van der Waals surface area (Å²) in [6, 6.07) is 10.6. The zero-order valence-electron chi connectivity index (χ0n) is 8.96. The van der Waals surface area contributed by atoms with Gasteiger partial charge in [-0.15, -0.1) is 0 Å². The monoisotopic (exact) mass is 229 g/mol. The van der Waals surface area contributed by atoms with Gasteiger partial charge in [-0.3, -0.25) is 0 Å². The zero-order chi connectivity index (χ0) is 12.1. The van der Waals surface area contributed by atoms with Gasteiger partial charge in [0.05, 0.1) is 12.5 Å². The average Bonchev–Trinajstić information content (AvgIpc) is 2.82. The fraction of sp³-hybridized carbons (Fsp3) is 0. The van der Waals surface area contributed by atoms with Gasteiger partial charge >= 0.3 is 6.03 Å². The number of hydrogen-bond acceptors (Lipinski definition) is 3. The first-order valence-electron chi connectivity index (χ1n) is 4.98. The minimum atomic E-state index is -0.691. The molecular formula is C12H11N3O2. The molecular weight excluding hydrogens is 218 g/mol. The van der Waals surface area contributed by atoms with Gasteiger partial charge in [0.15, 0.2) is 0 Å². The van der Waals surface area contributed by atoms with Crippen LogP contribution in [0.15, 0.2) is 52.2 Å². The molecule has 86 valence electrons. The lowest BCUT2D eigenvalue weighted by molar-refractivity contribution is 0.249. The smallest absolute Gasteiger partial charge is 0.332 e. The lowest BCUT2D eigenvalue weighted by atomic mass is 10.1. The highest BCUT2D eigenvalue weighted by Crippen LogP contribution is 2.19. The lowest BCUT2D eigenvalue weighted by Gasteiger charge is -1.98. The largest absolute Gasteiger partial charge is 0.464 e. The van der Waals surface area contributed by atoms with E-state index in [2.05, 4.69) is 10.5 Å². The van der Waals surface area contributed by atoms with Crippen LogP contribution in [0.1, 0.15) is 5.56 Å². The van der Waals surface area contributed by atoms with Crippen LogP contribution in [0.5, 0.6) is 0 Å². The van der Waals surface area contributed by atoms with Crippen molar-refractivity contribution < 1.29 is 9.21 Å². The van der Waals surface area contributed by atoms with E-state index in [0.29, 0.717) is 0 Å². The molecule has 17 heavy (non-hydrogen) atoms. The number of primary amides is 1. The summed E-state index contributed by atoms with van der Waals surface area (Å²) in [7, 11) is 0. The maximum absolute atomic E-state index is 10.4. The molecule has 0 aliphatic rings. The minimum absolute atomic E-state index is 0.691. The van der Waals surface area contributed by atoms with Crippen molar-refractivity contribution in [2.45, 2.75) is 0 Å². The number of hydrogen-bond donors (Lipinski definition) is 2. The summed E-state index contributed by atoms with van der Waals surface area (Å²) in [5.74, 6) is 0.781. The summed E-state index contributed by atoms with van der Waals surface area (Å²) in [5.41, 5.74) is 8.80. The Morgan fingerprint density at radius 2 is 2.24 bits per heavy atom. The van der Waals surface area contributed by atoms with E-state index in [-0.39, 0.29) is 0 Å². The van der Waals surface area contributed by atoms with Crippen LogP contribution in [0.4, 0.5) is 4.79 Å². The molecule has 0 spiro atoms. The molecule has 5 heteroatoms. The topological polar surface area (TPSA) is 80.6 Å². The van der Waals surface area contributed by atoms with E-state index in [1.807, 2.05) is 36.4 Å². The third kappa shape index (κ3) is 2.94. The Morgan fingerprint density at radius 3 is 2.94 bits per heavy atom. The van der Waals surface area contributed by atoms with Crippen LogP contribution in [0.3, 0.4) is 0 Å². The number of nitrogens with two attached hydrogens (primary N) is 1. The zero-order valence-corrected chi connectivity index (χ0v) is 8.96. The summed E-state index contributed by atoms with van der Waals surface area (Å²) >= 11 is 0. The second-order valence-corrected chi connectivity index (χ2v) is 3.34. The molecule has 2 amide bonds. The van der Waals surface area contributed by atoms with E-state index in [1.54, 1.807) is 6.26 Å². The van der Waals surface area contributed by atoms with Crippen molar-refractivity contribution in [2.75, 3.05) is 0 Å². The van der Waals surface area contributed by atoms with E-state index >= 15 is 0 Å². The number of furan rings is 1. The van der Waals surface area contributed by atoms with Gasteiger partial charge in [0, 0.05) is 5.56 Å².